The van der Waals surface area contributed by atoms with Gasteiger partial charge in [-0.2, -0.15) is 0 Å². The first kappa shape index (κ1) is 12.5. The van der Waals surface area contributed by atoms with Crippen molar-refractivity contribution in [2.45, 2.75) is 45.3 Å². The van der Waals surface area contributed by atoms with Crippen LogP contribution in [0.15, 0.2) is 0 Å². The average molecular weight is 214 g/mol. The molecule has 1 amide bonds. The molecule has 1 rings (SSSR count). The summed E-state index contributed by atoms with van der Waals surface area (Å²) in [7, 11) is 0. The minimum atomic E-state index is -0.327. The maximum Gasteiger partial charge on any atom is 0.248 e. The molecule has 0 bridgehead atoms. The SMILES string of the molecule is CCCCNC(=O)C(C)OC1CCNC1. The first-order chi connectivity index (χ1) is 7.24. The van der Waals surface area contributed by atoms with Crippen molar-refractivity contribution in [3.63, 3.8) is 0 Å². The lowest BCUT2D eigenvalue weighted by Gasteiger charge is -2.17. The van der Waals surface area contributed by atoms with Crippen molar-refractivity contribution in [3.8, 4) is 0 Å². The van der Waals surface area contributed by atoms with E-state index < -0.39 is 0 Å². The van der Waals surface area contributed by atoms with Crippen molar-refractivity contribution < 1.29 is 9.53 Å². The Labute approximate surface area is 91.8 Å². The van der Waals surface area contributed by atoms with Gasteiger partial charge in [-0.25, -0.2) is 0 Å². The smallest absolute Gasteiger partial charge is 0.248 e. The lowest BCUT2D eigenvalue weighted by molar-refractivity contribution is -0.134. The third-order valence-corrected chi connectivity index (χ3v) is 2.61. The summed E-state index contributed by atoms with van der Waals surface area (Å²) >= 11 is 0. The van der Waals surface area contributed by atoms with Crippen molar-refractivity contribution >= 4 is 5.91 Å². The predicted octanol–water partition coefficient (Wildman–Crippen LogP) is 0.670. The fraction of sp³-hybridized carbons (Fsp3) is 0.909. The highest BCUT2D eigenvalue weighted by Crippen LogP contribution is 2.06. The molecule has 4 nitrogen and oxygen atoms in total. The fourth-order valence-corrected chi connectivity index (χ4v) is 1.63. The van der Waals surface area contributed by atoms with E-state index in [1.165, 1.54) is 0 Å². The minimum absolute atomic E-state index is 0.00958. The van der Waals surface area contributed by atoms with Crippen LogP contribution in [-0.4, -0.2) is 37.7 Å². The normalized spacial score (nSPS) is 22.7. The lowest BCUT2D eigenvalue weighted by atomic mass is 10.3. The molecule has 0 aromatic heterocycles. The van der Waals surface area contributed by atoms with Crippen LogP contribution in [0.4, 0.5) is 0 Å². The number of hydrogen-bond acceptors (Lipinski definition) is 3. The van der Waals surface area contributed by atoms with E-state index in [0.29, 0.717) is 0 Å². The van der Waals surface area contributed by atoms with E-state index in [4.69, 9.17) is 4.74 Å². The van der Waals surface area contributed by atoms with Crippen LogP contribution in [0, 0.1) is 0 Å². The Bertz CT molecular complexity index is 191. The van der Waals surface area contributed by atoms with Gasteiger partial charge in [0.25, 0.3) is 0 Å². The standard InChI is InChI=1S/C11H22N2O2/c1-3-4-6-13-11(14)9(2)15-10-5-7-12-8-10/h9-10,12H,3-8H2,1-2H3,(H,13,14). The van der Waals surface area contributed by atoms with Gasteiger partial charge in [-0.3, -0.25) is 4.79 Å². The number of nitrogens with one attached hydrogen (secondary N) is 2. The minimum Gasteiger partial charge on any atom is -0.364 e. The molecule has 1 aliphatic rings. The highest BCUT2D eigenvalue weighted by atomic mass is 16.5. The first-order valence-corrected chi connectivity index (χ1v) is 5.88. The summed E-state index contributed by atoms with van der Waals surface area (Å²) in [5, 5.41) is 6.09. The number of ether oxygens (including phenoxy) is 1. The highest BCUT2D eigenvalue weighted by Gasteiger charge is 2.21. The van der Waals surface area contributed by atoms with E-state index in [1.807, 2.05) is 6.92 Å². The summed E-state index contributed by atoms with van der Waals surface area (Å²) < 4.78 is 5.63. The van der Waals surface area contributed by atoms with Crippen LogP contribution in [0.2, 0.25) is 0 Å². The topological polar surface area (TPSA) is 50.4 Å². The third kappa shape index (κ3) is 4.62. The third-order valence-electron chi connectivity index (χ3n) is 2.61. The highest BCUT2D eigenvalue weighted by molar-refractivity contribution is 5.80. The molecule has 2 N–H and O–H groups in total. The van der Waals surface area contributed by atoms with Gasteiger partial charge in [0.15, 0.2) is 0 Å². The zero-order chi connectivity index (χ0) is 11.1. The van der Waals surface area contributed by atoms with Crippen LogP contribution in [0.25, 0.3) is 0 Å². The number of hydrogen-bond donors (Lipinski definition) is 2. The van der Waals surface area contributed by atoms with Crippen LogP contribution >= 0.6 is 0 Å². The number of rotatable bonds is 6. The van der Waals surface area contributed by atoms with Gasteiger partial charge >= 0.3 is 0 Å². The molecular weight excluding hydrogens is 192 g/mol. The number of carbonyl (C=O) groups excluding carboxylic acids is 1. The number of unbranched alkanes of at least 4 members (excludes halogenated alkanes) is 1. The van der Waals surface area contributed by atoms with Crippen LogP contribution in [-0.2, 0) is 9.53 Å². The second-order valence-electron chi connectivity index (χ2n) is 4.04. The number of amides is 1. The molecule has 1 saturated heterocycles. The van der Waals surface area contributed by atoms with Gasteiger partial charge in [-0.1, -0.05) is 13.3 Å². The molecule has 0 radical (unpaired) electrons. The molecule has 2 unspecified atom stereocenters. The van der Waals surface area contributed by atoms with Gasteiger partial charge in [0.1, 0.15) is 6.10 Å². The Morgan fingerprint density at radius 1 is 1.67 bits per heavy atom. The monoisotopic (exact) mass is 214 g/mol. The molecule has 1 aliphatic heterocycles. The molecule has 0 spiro atoms. The van der Waals surface area contributed by atoms with Gasteiger partial charge in [-0.15, -0.1) is 0 Å². The lowest BCUT2D eigenvalue weighted by Crippen LogP contribution is -2.37. The Balaban J connectivity index is 2.14. The largest absolute Gasteiger partial charge is 0.364 e. The van der Waals surface area contributed by atoms with Gasteiger partial charge in [-0.05, 0) is 26.3 Å². The first-order valence-electron chi connectivity index (χ1n) is 5.88. The summed E-state index contributed by atoms with van der Waals surface area (Å²) in [4.78, 5) is 11.5. The van der Waals surface area contributed by atoms with Gasteiger partial charge < -0.3 is 15.4 Å². The number of carbonyl (C=O) groups is 1. The molecule has 2 atom stereocenters. The molecular formula is C11H22N2O2. The second kappa shape index (κ2) is 6.80. The van der Waals surface area contributed by atoms with Crippen LogP contribution in [0.5, 0.6) is 0 Å². The maximum atomic E-state index is 11.5. The summed E-state index contributed by atoms with van der Waals surface area (Å²) in [6, 6.07) is 0. The van der Waals surface area contributed by atoms with E-state index >= 15 is 0 Å². The van der Waals surface area contributed by atoms with Crippen LogP contribution in [0.3, 0.4) is 0 Å². The summed E-state index contributed by atoms with van der Waals surface area (Å²) in [5.41, 5.74) is 0. The van der Waals surface area contributed by atoms with Crippen molar-refractivity contribution in [1.82, 2.24) is 10.6 Å². The van der Waals surface area contributed by atoms with Gasteiger partial charge in [0, 0.05) is 13.1 Å². The van der Waals surface area contributed by atoms with Crippen molar-refractivity contribution in [1.29, 1.82) is 0 Å². The molecule has 1 heterocycles. The van der Waals surface area contributed by atoms with E-state index in [1.54, 1.807) is 0 Å². The van der Waals surface area contributed by atoms with Crippen molar-refractivity contribution in [2.75, 3.05) is 19.6 Å². The molecule has 0 aromatic carbocycles. The van der Waals surface area contributed by atoms with Gasteiger partial charge in [0.2, 0.25) is 5.91 Å². The fourth-order valence-electron chi connectivity index (χ4n) is 1.63. The average Bonchev–Trinajstić information content (AvgIpc) is 2.70. The second-order valence-corrected chi connectivity index (χ2v) is 4.04. The molecule has 0 aliphatic carbocycles. The Morgan fingerprint density at radius 3 is 3.07 bits per heavy atom. The molecule has 0 saturated carbocycles. The summed E-state index contributed by atoms with van der Waals surface area (Å²) in [5.74, 6) is 0.00958. The predicted molar refractivity (Wildman–Crippen MR) is 59.7 cm³/mol. The Kier molecular flexibility index (Phi) is 5.65. The molecule has 88 valence electrons. The molecule has 4 heteroatoms. The quantitative estimate of drug-likeness (QED) is 0.639. The van der Waals surface area contributed by atoms with E-state index in [2.05, 4.69) is 17.6 Å². The van der Waals surface area contributed by atoms with Gasteiger partial charge in [0.05, 0.1) is 6.10 Å². The molecule has 1 fully saturated rings. The zero-order valence-electron chi connectivity index (χ0n) is 9.71. The molecule has 0 aromatic rings. The van der Waals surface area contributed by atoms with E-state index in [9.17, 15) is 4.79 Å². The van der Waals surface area contributed by atoms with Crippen molar-refractivity contribution in [2.24, 2.45) is 0 Å². The van der Waals surface area contributed by atoms with E-state index in [0.717, 1.165) is 38.9 Å². The molecule has 15 heavy (non-hydrogen) atoms. The maximum absolute atomic E-state index is 11.5. The summed E-state index contributed by atoms with van der Waals surface area (Å²) in [6.45, 7) is 6.54. The van der Waals surface area contributed by atoms with Crippen molar-refractivity contribution in [3.05, 3.63) is 0 Å². The van der Waals surface area contributed by atoms with E-state index in [-0.39, 0.29) is 18.1 Å². The Morgan fingerprint density at radius 2 is 2.47 bits per heavy atom. The summed E-state index contributed by atoms with van der Waals surface area (Å²) in [6.07, 6.45) is 3.02. The Hall–Kier alpha value is -0.610. The van der Waals surface area contributed by atoms with Crippen LogP contribution in [0.1, 0.15) is 33.1 Å². The van der Waals surface area contributed by atoms with Crippen LogP contribution < -0.4 is 10.6 Å². The zero-order valence-corrected chi connectivity index (χ0v) is 9.71.